The van der Waals surface area contributed by atoms with Crippen molar-refractivity contribution < 1.29 is 4.74 Å². The average Bonchev–Trinajstić information content (AvgIpc) is 3.20. The standard InChI is InChI=1S/C22H23N5OS/c1-28-18-8-6-17(7-9-18)16-4-2-15(3-5-16)14-22(24,10-11-23)20-19-21(29-27-20)26-13-12-25-19/h2-9,12-13H,10-11,14,23-24H2,1H3. The van der Waals surface area contributed by atoms with E-state index in [-0.39, 0.29) is 0 Å². The molecule has 148 valence electrons. The molecule has 1 atom stereocenters. The highest BCUT2D eigenvalue weighted by atomic mass is 32.1. The van der Waals surface area contributed by atoms with E-state index in [9.17, 15) is 0 Å². The summed E-state index contributed by atoms with van der Waals surface area (Å²) in [6, 6.07) is 16.5. The van der Waals surface area contributed by atoms with Gasteiger partial charge in [0.2, 0.25) is 0 Å². The minimum atomic E-state index is -0.690. The van der Waals surface area contributed by atoms with Crippen LogP contribution in [0, 0.1) is 0 Å². The Morgan fingerprint density at radius 2 is 1.62 bits per heavy atom. The molecule has 2 heterocycles. The largest absolute Gasteiger partial charge is 0.497 e. The number of hydrogen-bond donors (Lipinski definition) is 2. The lowest BCUT2D eigenvalue weighted by Gasteiger charge is -2.27. The maximum Gasteiger partial charge on any atom is 0.162 e. The van der Waals surface area contributed by atoms with Gasteiger partial charge >= 0.3 is 0 Å². The highest BCUT2D eigenvalue weighted by molar-refractivity contribution is 7.12. The molecule has 6 nitrogen and oxygen atoms in total. The van der Waals surface area contributed by atoms with Crippen molar-refractivity contribution in [2.75, 3.05) is 13.7 Å². The first-order valence-electron chi connectivity index (χ1n) is 9.42. The topological polar surface area (TPSA) is 99.9 Å². The molecule has 0 bridgehead atoms. The van der Waals surface area contributed by atoms with E-state index in [1.807, 2.05) is 12.1 Å². The maximum atomic E-state index is 6.84. The van der Waals surface area contributed by atoms with Gasteiger partial charge in [-0.2, -0.15) is 4.37 Å². The maximum absolute atomic E-state index is 6.84. The Morgan fingerprint density at radius 3 is 2.28 bits per heavy atom. The molecule has 4 rings (SSSR count). The molecule has 0 radical (unpaired) electrons. The average molecular weight is 406 g/mol. The molecular formula is C22H23N5OS. The number of nitrogens with zero attached hydrogens (tertiary/aromatic N) is 3. The van der Waals surface area contributed by atoms with Crippen molar-refractivity contribution in [1.82, 2.24) is 14.3 Å². The highest BCUT2D eigenvalue weighted by Gasteiger charge is 2.32. The van der Waals surface area contributed by atoms with E-state index >= 15 is 0 Å². The number of rotatable bonds is 7. The first-order chi connectivity index (χ1) is 14.1. The summed E-state index contributed by atoms with van der Waals surface area (Å²) >= 11 is 1.33. The third-order valence-corrected chi connectivity index (χ3v) is 5.82. The first-order valence-corrected chi connectivity index (χ1v) is 10.2. The Balaban J connectivity index is 1.61. The van der Waals surface area contributed by atoms with Gasteiger partial charge in [-0.1, -0.05) is 36.4 Å². The summed E-state index contributed by atoms with van der Waals surface area (Å²) in [6.07, 6.45) is 4.58. The van der Waals surface area contributed by atoms with Crippen molar-refractivity contribution in [1.29, 1.82) is 0 Å². The van der Waals surface area contributed by atoms with Crippen LogP contribution in [0.4, 0.5) is 0 Å². The molecule has 2 aromatic carbocycles. The van der Waals surface area contributed by atoms with E-state index in [2.05, 4.69) is 50.7 Å². The van der Waals surface area contributed by atoms with Crippen LogP contribution in [0.15, 0.2) is 60.9 Å². The van der Waals surface area contributed by atoms with Crippen LogP contribution in [-0.2, 0) is 12.0 Å². The monoisotopic (exact) mass is 405 g/mol. The molecule has 0 amide bonds. The summed E-state index contributed by atoms with van der Waals surface area (Å²) in [5.41, 5.74) is 17.0. The molecule has 1 unspecified atom stereocenters. The first kappa shape index (κ1) is 19.4. The van der Waals surface area contributed by atoms with Gasteiger partial charge in [0, 0.05) is 12.4 Å². The second kappa shape index (κ2) is 8.24. The zero-order valence-corrected chi connectivity index (χ0v) is 17.0. The quantitative estimate of drug-likeness (QED) is 0.488. The van der Waals surface area contributed by atoms with E-state index in [4.69, 9.17) is 16.2 Å². The third kappa shape index (κ3) is 3.98. The smallest absolute Gasteiger partial charge is 0.162 e. The third-order valence-electron chi connectivity index (χ3n) is 5.07. The van der Waals surface area contributed by atoms with Crippen molar-refractivity contribution in [2.45, 2.75) is 18.4 Å². The summed E-state index contributed by atoms with van der Waals surface area (Å²) < 4.78 is 9.82. The van der Waals surface area contributed by atoms with E-state index in [1.165, 1.54) is 11.5 Å². The fourth-order valence-electron chi connectivity index (χ4n) is 3.52. The van der Waals surface area contributed by atoms with Gasteiger partial charge in [0.1, 0.15) is 17.0 Å². The van der Waals surface area contributed by atoms with E-state index in [0.717, 1.165) is 38.5 Å². The lowest BCUT2D eigenvalue weighted by molar-refractivity contribution is 0.406. The molecule has 0 aliphatic carbocycles. The molecule has 0 aliphatic heterocycles. The van der Waals surface area contributed by atoms with Gasteiger partial charge in [0.05, 0.1) is 12.6 Å². The number of benzene rings is 2. The van der Waals surface area contributed by atoms with Crippen LogP contribution < -0.4 is 16.2 Å². The van der Waals surface area contributed by atoms with Crippen molar-refractivity contribution in [3.05, 3.63) is 72.2 Å². The minimum absolute atomic E-state index is 0.472. The molecule has 7 heteroatoms. The van der Waals surface area contributed by atoms with Crippen LogP contribution in [-0.4, -0.2) is 28.0 Å². The Bertz CT molecular complexity index is 1090. The predicted molar refractivity (Wildman–Crippen MR) is 117 cm³/mol. The van der Waals surface area contributed by atoms with E-state index in [0.29, 0.717) is 19.4 Å². The number of methoxy groups -OCH3 is 1. The lowest BCUT2D eigenvalue weighted by Crippen LogP contribution is -2.41. The van der Waals surface area contributed by atoms with E-state index < -0.39 is 5.54 Å². The molecule has 2 aromatic heterocycles. The van der Waals surface area contributed by atoms with E-state index in [1.54, 1.807) is 19.5 Å². The van der Waals surface area contributed by atoms with Gasteiger partial charge in [-0.15, -0.1) is 0 Å². The molecule has 29 heavy (non-hydrogen) atoms. The molecule has 0 aliphatic rings. The molecular weight excluding hydrogens is 382 g/mol. The van der Waals surface area contributed by atoms with Crippen molar-refractivity contribution in [3.8, 4) is 16.9 Å². The summed E-state index contributed by atoms with van der Waals surface area (Å²) in [5.74, 6) is 0.846. The lowest BCUT2D eigenvalue weighted by atomic mass is 9.84. The highest BCUT2D eigenvalue weighted by Crippen LogP contribution is 2.32. The van der Waals surface area contributed by atoms with Gasteiger partial charge in [-0.25, -0.2) is 4.98 Å². The fourth-order valence-corrected chi connectivity index (χ4v) is 4.31. The number of aromatic nitrogens is 3. The second-order valence-electron chi connectivity index (χ2n) is 7.04. The molecule has 0 saturated carbocycles. The van der Waals surface area contributed by atoms with Crippen LogP contribution in [0.3, 0.4) is 0 Å². The predicted octanol–water partition coefficient (Wildman–Crippen LogP) is 3.51. The number of hydrogen-bond acceptors (Lipinski definition) is 7. The summed E-state index contributed by atoms with van der Waals surface area (Å²) in [5, 5.41) is 0. The molecule has 0 fully saturated rings. The molecule has 4 N–H and O–H groups in total. The number of fused-ring (bicyclic) bond motifs is 1. The van der Waals surface area contributed by atoms with Gasteiger partial charge in [0.15, 0.2) is 4.83 Å². The van der Waals surface area contributed by atoms with Crippen LogP contribution in [0.2, 0.25) is 0 Å². The number of nitrogens with two attached hydrogens (primary N) is 2. The normalized spacial score (nSPS) is 13.3. The zero-order chi connectivity index (χ0) is 20.3. The van der Waals surface area contributed by atoms with Crippen LogP contribution in [0.1, 0.15) is 17.7 Å². The van der Waals surface area contributed by atoms with Gasteiger partial charge in [-0.3, -0.25) is 4.98 Å². The minimum Gasteiger partial charge on any atom is -0.497 e. The van der Waals surface area contributed by atoms with Crippen molar-refractivity contribution in [2.24, 2.45) is 11.5 Å². The summed E-state index contributed by atoms with van der Waals surface area (Å²) in [4.78, 5) is 9.59. The SMILES string of the molecule is COc1ccc(-c2ccc(CC(N)(CCN)c3nsc4nccnc34)cc2)cc1. The van der Waals surface area contributed by atoms with Gasteiger partial charge < -0.3 is 16.2 Å². The molecule has 0 saturated heterocycles. The number of ether oxygens (including phenoxy) is 1. The Labute approximate surface area is 173 Å². The van der Waals surface area contributed by atoms with Crippen LogP contribution in [0.25, 0.3) is 21.5 Å². The Morgan fingerprint density at radius 1 is 0.966 bits per heavy atom. The van der Waals surface area contributed by atoms with Crippen LogP contribution >= 0.6 is 11.5 Å². The van der Waals surface area contributed by atoms with Crippen molar-refractivity contribution >= 4 is 21.9 Å². The Kier molecular flexibility index (Phi) is 5.53. The van der Waals surface area contributed by atoms with Gasteiger partial charge in [-0.05, 0) is 59.7 Å². The van der Waals surface area contributed by atoms with Crippen molar-refractivity contribution in [3.63, 3.8) is 0 Å². The second-order valence-corrected chi connectivity index (χ2v) is 7.79. The molecule has 0 spiro atoms. The summed E-state index contributed by atoms with van der Waals surface area (Å²) in [7, 11) is 1.67. The molecule has 4 aromatic rings. The zero-order valence-electron chi connectivity index (χ0n) is 16.2. The summed E-state index contributed by atoms with van der Waals surface area (Å²) in [6.45, 7) is 0.472. The fraction of sp³-hybridized carbons (Fsp3) is 0.227. The van der Waals surface area contributed by atoms with Gasteiger partial charge in [0.25, 0.3) is 0 Å². The Hall–Kier alpha value is -2.87. The van der Waals surface area contributed by atoms with Crippen LogP contribution in [0.5, 0.6) is 5.75 Å².